The highest BCUT2D eigenvalue weighted by Crippen LogP contribution is 2.16. The summed E-state index contributed by atoms with van der Waals surface area (Å²) in [5, 5.41) is 11.5. The van der Waals surface area contributed by atoms with Crippen molar-refractivity contribution in [3.63, 3.8) is 0 Å². The van der Waals surface area contributed by atoms with Gasteiger partial charge in [0.25, 0.3) is 5.91 Å². The quantitative estimate of drug-likeness (QED) is 0.626. The maximum Gasteiger partial charge on any atom is 0.253 e. The van der Waals surface area contributed by atoms with Crippen LogP contribution in [0.25, 0.3) is 0 Å². The number of amides is 1. The van der Waals surface area contributed by atoms with Gasteiger partial charge >= 0.3 is 0 Å². The molecule has 0 radical (unpaired) electrons. The lowest BCUT2D eigenvalue weighted by Crippen LogP contribution is -2.26. The lowest BCUT2D eigenvalue weighted by molar-refractivity contribution is 0.0785. The summed E-state index contributed by atoms with van der Waals surface area (Å²) >= 11 is 0. The second-order valence-corrected chi connectivity index (χ2v) is 6.74. The Balaban J connectivity index is 1.60. The predicted molar refractivity (Wildman–Crippen MR) is 101 cm³/mol. The Hall–Kier alpha value is -3.29. The fourth-order valence-corrected chi connectivity index (χ4v) is 2.75. The van der Waals surface area contributed by atoms with Crippen LogP contribution in [0.1, 0.15) is 41.6 Å². The minimum atomic E-state index is -0.316. The molecule has 0 aliphatic carbocycles. The Morgan fingerprint density at radius 2 is 1.96 bits per heavy atom. The van der Waals surface area contributed by atoms with Crippen LogP contribution in [0.2, 0.25) is 0 Å². The summed E-state index contributed by atoms with van der Waals surface area (Å²) < 4.78 is 20.7. The highest BCUT2D eigenvalue weighted by atomic mass is 19.1. The van der Waals surface area contributed by atoms with Crippen LogP contribution in [0.5, 0.6) is 5.75 Å². The molecule has 0 saturated carbocycles. The van der Waals surface area contributed by atoms with Gasteiger partial charge in [0, 0.05) is 19.2 Å². The average molecular weight is 383 g/mol. The Bertz CT molecular complexity index is 940. The van der Waals surface area contributed by atoms with E-state index in [1.165, 1.54) is 12.1 Å². The molecule has 146 valence electrons. The van der Waals surface area contributed by atoms with Crippen molar-refractivity contribution in [2.45, 2.75) is 33.0 Å². The summed E-state index contributed by atoms with van der Waals surface area (Å²) in [6, 6.07) is 13.2. The Morgan fingerprint density at radius 1 is 1.21 bits per heavy atom. The molecule has 0 bridgehead atoms. The van der Waals surface area contributed by atoms with Gasteiger partial charge in [0.1, 0.15) is 18.2 Å². The molecule has 28 heavy (non-hydrogen) atoms. The number of carbonyl (C=O) groups excluding carboxylic acids is 1. The van der Waals surface area contributed by atoms with Gasteiger partial charge in [-0.1, -0.05) is 12.1 Å². The smallest absolute Gasteiger partial charge is 0.253 e. The molecule has 0 N–H and O–H groups in total. The van der Waals surface area contributed by atoms with Gasteiger partial charge in [-0.05, 0) is 66.2 Å². The van der Waals surface area contributed by atoms with E-state index in [0.29, 0.717) is 23.7 Å². The molecule has 8 heteroatoms. The van der Waals surface area contributed by atoms with Crippen LogP contribution >= 0.6 is 0 Å². The highest BCUT2D eigenvalue weighted by Gasteiger charge is 2.13. The molecular weight excluding hydrogens is 361 g/mol. The fraction of sp³-hybridized carbons (Fsp3) is 0.300. The van der Waals surface area contributed by atoms with Gasteiger partial charge in [0.05, 0.1) is 6.04 Å². The summed E-state index contributed by atoms with van der Waals surface area (Å²) in [6.45, 7) is 4.53. The van der Waals surface area contributed by atoms with E-state index in [1.54, 1.807) is 53.0 Å². The predicted octanol–water partition coefficient (Wildman–Crippen LogP) is 3.24. The van der Waals surface area contributed by atoms with E-state index >= 15 is 0 Å². The SMILES string of the molecule is CC(C)n1nnnc1COc1ccc(C(=O)N(C)Cc2cccc(F)c2)cc1. The molecule has 0 aliphatic rings. The number of hydrogen-bond acceptors (Lipinski definition) is 5. The largest absolute Gasteiger partial charge is 0.486 e. The van der Waals surface area contributed by atoms with Gasteiger partial charge in [-0.3, -0.25) is 4.79 Å². The molecule has 1 aromatic heterocycles. The number of tetrazole rings is 1. The van der Waals surface area contributed by atoms with Crippen LogP contribution in [-0.2, 0) is 13.2 Å². The minimum Gasteiger partial charge on any atom is -0.486 e. The molecule has 0 atom stereocenters. The van der Waals surface area contributed by atoms with Crippen molar-refractivity contribution < 1.29 is 13.9 Å². The summed E-state index contributed by atoms with van der Waals surface area (Å²) in [5.41, 5.74) is 1.26. The monoisotopic (exact) mass is 383 g/mol. The average Bonchev–Trinajstić information content (AvgIpc) is 3.15. The third kappa shape index (κ3) is 4.70. The minimum absolute atomic E-state index is 0.141. The van der Waals surface area contributed by atoms with Crippen LogP contribution in [0.4, 0.5) is 4.39 Å². The van der Waals surface area contributed by atoms with Gasteiger partial charge in [-0.2, -0.15) is 0 Å². The second kappa shape index (κ2) is 8.60. The molecule has 0 unspecified atom stereocenters. The molecule has 0 aliphatic heterocycles. The van der Waals surface area contributed by atoms with E-state index in [2.05, 4.69) is 15.5 Å². The zero-order chi connectivity index (χ0) is 20.1. The highest BCUT2D eigenvalue weighted by molar-refractivity contribution is 5.94. The van der Waals surface area contributed by atoms with E-state index in [1.807, 2.05) is 13.8 Å². The topological polar surface area (TPSA) is 73.1 Å². The molecule has 7 nitrogen and oxygen atoms in total. The van der Waals surface area contributed by atoms with Crippen molar-refractivity contribution in [1.82, 2.24) is 25.1 Å². The first kappa shape index (κ1) is 19.5. The van der Waals surface area contributed by atoms with Crippen LogP contribution in [0.3, 0.4) is 0 Å². The Labute approximate surface area is 162 Å². The maximum atomic E-state index is 13.3. The van der Waals surface area contributed by atoms with E-state index in [4.69, 9.17) is 4.74 Å². The molecule has 0 fully saturated rings. The number of carbonyl (C=O) groups is 1. The lowest BCUT2D eigenvalue weighted by atomic mass is 10.1. The molecule has 3 rings (SSSR count). The normalized spacial score (nSPS) is 10.9. The number of benzene rings is 2. The molecule has 2 aromatic carbocycles. The number of nitrogens with zero attached hydrogens (tertiary/aromatic N) is 5. The van der Waals surface area contributed by atoms with Crippen molar-refractivity contribution in [2.75, 3.05) is 7.05 Å². The second-order valence-electron chi connectivity index (χ2n) is 6.74. The molecule has 1 amide bonds. The standard InChI is InChI=1S/C20H22FN5O2/c1-14(2)26-19(22-23-24-26)13-28-18-9-7-16(8-10-18)20(27)25(3)12-15-5-4-6-17(21)11-15/h4-11,14H,12-13H2,1-3H3. The third-order valence-corrected chi connectivity index (χ3v) is 4.17. The number of hydrogen-bond donors (Lipinski definition) is 0. The lowest BCUT2D eigenvalue weighted by Gasteiger charge is -2.17. The maximum absolute atomic E-state index is 13.3. The van der Waals surface area contributed by atoms with Crippen LogP contribution in [0.15, 0.2) is 48.5 Å². The van der Waals surface area contributed by atoms with Crippen molar-refractivity contribution in [3.05, 3.63) is 71.3 Å². The van der Waals surface area contributed by atoms with E-state index in [0.717, 1.165) is 5.56 Å². The van der Waals surface area contributed by atoms with E-state index in [9.17, 15) is 9.18 Å². The van der Waals surface area contributed by atoms with Crippen molar-refractivity contribution in [3.8, 4) is 5.75 Å². The Morgan fingerprint density at radius 3 is 2.64 bits per heavy atom. The number of halogens is 1. The summed E-state index contributed by atoms with van der Waals surface area (Å²) in [5.74, 6) is 0.774. The summed E-state index contributed by atoms with van der Waals surface area (Å²) in [4.78, 5) is 14.1. The van der Waals surface area contributed by atoms with Gasteiger partial charge in [0.15, 0.2) is 5.82 Å². The van der Waals surface area contributed by atoms with Crippen LogP contribution < -0.4 is 4.74 Å². The Kier molecular flexibility index (Phi) is 5.98. The van der Waals surface area contributed by atoms with Crippen LogP contribution in [0, 0.1) is 5.82 Å². The van der Waals surface area contributed by atoms with Crippen molar-refractivity contribution in [2.24, 2.45) is 0 Å². The molecular formula is C20H22FN5O2. The zero-order valence-electron chi connectivity index (χ0n) is 16.0. The van der Waals surface area contributed by atoms with Gasteiger partial charge < -0.3 is 9.64 Å². The molecule has 3 aromatic rings. The first-order valence-corrected chi connectivity index (χ1v) is 8.93. The number of rotatable bonds is 7. The fourth-order valence-electron chi connectivity index (χ4n) is 2.75. The van der Waals surface area contributed by atoms with Gasteiger partial charge in [-0.15, -0.1) is 5.10 Å². The van der Waals surface area contributed by atoms with E-state index in [-0.39, 0.29) is 24.4 Å². The molecule has 0 spiro atoms. The number of aromatic nitrogens is 4. The third-order valence-electron chi connectivity index (χ3n) is 4.17. The summed E-state index contributed by atoms with van der Waals surface area (Å²) in [7, 11) is 1.68. The van der Waals surface area contributed by atoms with E-state index < -0.39 is 0 Å². The van der Waals surface area contributed by atoms with Crippen molar-refractivity contribution >= 4 is 5.91 Å². The van der Waals surface area contributed by atoms with Gasteiger partial charge in [-0.25, -0.2) is 9.07 Å². The first-order valence-electron chi connectivity index (χ1n) is 8.93. The van der Waals surface area contributed by atoms with Crippen LogP contribution in [-0.4, -0.2) is 38.1 Å². The zero-order valence-corrected chi connectivity index (χ0v) is 16.0. The summed E-state index contributed by atoms with van der Waals surface area (Å²) in [6.07, 6.45) is 0. The molecule has 0 saturated heterocycles. The van der Waals surface area contributed by atoms with Gasteiger partial charge in [0.2, 0.25) is 0 Å². The van der Waals surface area contributed by atoms with Crippen molar-refractivity contribution in [1.29, 1.82) is 0 Å². The number of ether oxygens (including phenoxy) is 1. The molecule has 1 heterocycles. The first-order chi connectivity index (χ1) is 13.4.